The summed E-state index contributed by atoms with van der Waals surface area (Å²) in [5, 5.41) is 13.9. The molecule has 0 aliphatic rings. The fourth-order valence-electron chi connectivity index (χ4n) is 0.907. The summed E-state index contributed by atoms with van der Waals surface area (Å²) >= 11 is 5.66. The van der Waals surface area contributed by atoms with Gasteiger partial charge in [-0.3, -0.25) is 4.79 Å². The molecule has 8 heteroatoms. The van der Waals surface area contributed by atoms with Crippen LogP contribution in [0.2, 0.25) is 5.28 Å². The van der Waals surface area contributed by atoms with Crippen LogP contribution in [0, 0.1) is 0 Å². The minimum Gasteiger partial charge on any atom is -0.480 e. The van der Waals surface area contributed by atoms with Gasteiger partial charge in [0.25, 0.3) is 0 Å². The van der Waals surface area contributed by atoms with Crippen LogP contribution in [0.5, 0.6) is 0 Å². The van der Waals surface area contributed by atoms with Gasteiger partial charge in [-0.15, -0.1) is 0 Å². The quantitative estimate of drug-likeness (QED) is 0.707. The van der Waals surface area contributed by atoms with Gasteiger partial charge in [-0.2, -0.15) is 15.0 Å². The molecule has 3 N–H and O–H groups in total. The first-order valence-corrected chi connectivity index (χ1v) is 4.99. The molecule has 0 aliphatic carbocycles. The Morgan fingerprint density at radius 1 is 1.38 bits per heavy atom. The normalized spacial score (nSPS) is 10.2. The number of carbonyl (C=O) groups is 1. The van der Waals surface area contributed by atoms with Crippen molar-refractivity contribution in [3.05, 3.63) is 5.28 Å². The molecule has 0 saturated heterocycles. The minimum absolute atomic E-state index is 0.00559. The smallest absolute Gasteiger partial charge is 0.322 e. The van der Waals surface area contributed by atoms with Crippen molar-refractivity contribution >= 4 is 29.5 Å². The number of nitrogens with zero attached hydrogens (tertiary/aromatic N) is 3. The van der Waals surface area contributed by atoms with Crippen LogP contribution >= 0.6 is 11.6 Å². The van der Waals surface area contributed by atoms with E-state index in [1.54, 1.807) is 0 Å². The highest BCUT2D eigenvalue weighted by atomic mass is 35.5. The molecule has 1 aromatic rings. The predicted molar refractivity (Wildman–Crippen MR) is 59.7 cm³/mol. The van der Waals surface area contributed by atoms with E-state index in [0.717, 1.165) is 0 Å². The molecule has 0 unspecified atom stereocenters. The van der Waals surface area contributed by atoms with Crippen molar-refractivity contribution in [2.75, 3.05) is 17.2 Å². The van der Waals surface area contributed by atoms with Crippen LogP contribution in [-0.2, 0) is 4.79 Å². The lowest BCUT2D eigenvalue weighted by molar-refractivity contribution is -0.134. The zero-order chi connectivity index (χ0) is 12.1. The second-order valence-corrected chi connectivity index (χ2v) is 3.64. The Balaban J connectivity index is 2.77. The maximum atomic E-state index is 10.3. The standard InChI is InChI=1S/C8H12ClN5O2/c1-4(2)11-8-13-6(9)12-7(14-8)10-3-5(15)16/h4H,3H2,1-2H3,(H,15,16)(H2,10,11,12,13,14). The van der Waals surface area contributed by atoms with Crippen LogP contribution in [-0.4, -0.2) is 38.6 Å². The number of aromatic nitrogens is 3. The average Bonchev–Trinajstić information content (AvgIpc) is 2.12. The molecule has 0 atom stereocenters. The van der Waals surface area contributed by atoms with Crippen LogP contribution in [0.15, 0.2) is 0 Å². The van der Waals surface area contributed by atoms with Gasteiger partial charge in [0.05, 0.1) is 0 Å². The van der Waals surface area contributed by atoms with E-state index in [9.17, 15) is 4.79 Å². The molecular weight excluding hydrogens is 234 g/mol. The molecule has 1 rings (SSSR count). The van der Waals surface area contributed by atoms with Crippen LogP contribution in [0.1, 0.15) is 13.8 Å². The highest BCUT2D eigenvalue weighted by molar-refractivity contribution is 6.28. The van der Waals surface area contributed by atoms with Gasteiger partial charge in [-0.25, -0.2) is 0 Å². The number of halogens is 1. The van der Waals surface area contributed by atoms with Crippen LogP contribution in [0.3, 0.4) is 0 Å². The van der Waals surface area contributed by atoms with Crippen molar-refractivity contribution in [1.82, 2.24) is 15.0 Å². The minimum atomic E-state index is -1.00. The van der Waals surface area contributed by atoms with Crippen LogP contribution in [0.4, 0.5) is 11.9 Å². The first-order chi connectivity index (χ1) is 7.47. The number of anilines is 2. The van der Waals surface area contributed by atoms with Gasteiger partial charge in [-0.05, 0) is 25.4 Å². The molecule has 0 bridgehead atoms. The highest BCUT2D eigenvalue weighted by Gasteiger charge is 2.06. The van der Waals surface area contributed by atoms with Crippen molar-refractivity contribution in [1.29, 1.82) is 0 Å². The van der Waals surface area contributed by atoms with E-state index >= 15 is 0 Å². The third-order valence-electron chi connectivity index (χ3n) is 1.42. The Bertz CT molecular complexity index is 385. The summed E-state index contributed by atoms with van der Waals surface area (Å²) in [6.45, 7) is 3.56. The molecule has 1 heterocycles. The largest absolute Gasteiger partial charge is 0.480 e. The summed E-state index contributed by atoms with van der Waals surface area (Å²) in [6.07, 6.45) is 0. The van der Waals surface area contributed by atoms with Crippen molar-refractivity contribution in [2.45, 2.75) is 19.9 Å². The van der Waals surface area contributed by atoms with Crippen molar-refractivity contribution in [2.24, 2.45) is 0 Å². The van der Waals surface area contributed by atoms with Crippen molar-refractivity contribution in [3.8, 4) is 0 Å². The number of hydrogen-bond acceptors (Lipinski definition) is 6. The Hall–Kier alpha value is -1.63. The fraction of sp³-hybridized carbons (Fsp3) is 0.500. The molecular formula is C8H12ClN5O2. The number of aliphatic carboxylic acids is 1. The van der Waals surface area contributed by atoms with E-state index in [2.05, 4.69) is 25.6 Å². The number of nitrogens with one attached hydrogen (secondary N) is 2. The van der Waals surface area contributed by atoms with Crippen molar-refractivity contribution in [3.63, 3.8) is 0 Å². The lowest BCUT2D eigenvalue weighted by Crippen LogP contribution is -2.17. The van der Waals surface area contributed by atoms with Gasteiger partial charge in [0.2, 0.25) is 17.2 Å². The molecule has 7 nitrogen and oxygen atoms in total. The summed E-state index contributed by atoms with van der Waals surface area (Å²) in [7, 11) is 0. The van der Waals surface area contributed by atoms with Crippen molar-refractivity contribution < 1.29 is 9.90 Å². The van der Waals surface area contributed by atoms with Gasteiger partial charge >= 0.3 is 5.97 Å². The Morgan fingerprint density at radius 3 is 2.56 bits per heavy atom. The van der Waals surface area contributed by atoms with E-state index in [-0.39, 0.29) is 23.8 Å². The molecule has 16 heavy (non-hydrogen) atoms. The van der Waals surface area contributed by atoms with E-state index in [1.165, 1.54) is 0 Å². The van der Waals surface area contributed by atoms with Gasteiger partial charge in [0.1, 0.15) is 6.54 Å². The molecule has 1 aromatic heterocycles. The maximum absolute atomic E-state index is 10.3. The molecule has 0 radical (unpaired) electrons. The van der Waals surface area contributed by atoms with E-state index in [4.69, 9.17) is 16.7 Å². The summed E-state index contributed by atoms with van der Waals surface area (Å²) in [5.74, 6) is -0.566. The highest BCUT2D eigenvalue weighted by Crippen LogP contribution is 2.09. The van der Waals surface area contributed by atoms with Crippen LogP contribution in [0.25, 0.3) is 0 Å². The maximum Gasteiger partial charge on any atom is 0.322 e. The van der Waals surface area contributed by atoms with E-state index < -0.39 is 5.97 Å². The Morgan fingerprint density at radius 2 is 2.00 bits per heavy atom. The topological polar surface area (TPSA) is 100 Å². The van der Waals surface area contributed by atoms with E-state index in [1.807, 2.05) is 13.8 Å². The number of carboxylic acids is 1. The Labute approximate surface area is 97.3 Å². The average molecular weight is 246 g/mol. The first kappa shape index (κ1) is 12.4. The SMILES string of the molecule is CC(C)Nc1nc(Cl)nc(NCC(=O)O)n1. The lowest BCUT2D eigenvalue weighted by Gasteiger charge is -2.09. The van der Waals surface area contributed by atoms with Gasteiger partial charge in [-0.1, -0.05) is 0 Å². The van der Waals surface area contributed by atoms with Gasteiger partial charge in [0.15, 0.2) is 0 Å². The first-order valence-electron chi connectivity index (χ1n) is 4.61. The summed E-state index contributed by atoms with van der Waals surface area (Å²) in [4.78, 5) is 21.9. The molecule has 0 spiro atoms. The van der Waals surface area contributed by atoms with Crippen LogP contribution < -0.4 is 10.6 Å². The third kappa shape index (κ3) is 4.26. The summed E-state index contributed by atoms with van der Waals surface area (Å²) < 4.78 is 0. The molecule has 88 valence electrons. The second kappa shape index (κ2) is 5.45. The zero-order valence-corrected chi connectivity index (χ0v) is 9.62. The van der Waals surface area contributed by atoms with E-state index in [0.29, 0.717) is 5.95 Å². The predicted octanol–water partition coefficient (Wildman–Crippen LogP) is 0.842. The molecule has 0 amide bonds. The van der Waals surface area contributed by atoms with Gasteiger partial charge in [0, 0.05) is 6.04 Å². The zero-order valence-electron chi connectivity index (χ0n) is 8.86. The molecule has 0 saturated carbocycles. The number of carboxylic acid groups (broad SMARTS) is 1. The molecule has 0 aliphatic heterocycles. The molecule has 0 aromatic carbocycles. The number of rotatable bonds is 5. The number of hydrogen-bond donors (Lipinski definition) is 3. The monoisotopic (exact) mass is 245 g/mol. The lowest BCUT2D eigenvalue weighted by atomic mass is 10.4. The molecule has 0 fully saturated rings. The third-order valence-corrected chi connectivity index (χ3v) is 1.59. The second-order valence-electron chi connectivity index (χ2n) is 3.30. The fourth-order valence-corrected chi connectivity index (χ4v) is 1.07. The summed E-state index contributed by atoms with van der Waals surface area (Å²) in [5.41, 5.74) is 0. The van der Waals surface area contributed by atoms with Gasteiger partial charge < -0.3 is 15.7 Å². The summed E-state index contributed by atoms with van der Waals surface area (Å²) in [6, 6.07) is 0.144. The Kier molecular flexibility index (Phi) is 4.24.